The maximum atomic E-state index is 8.82. The Balaban J connectivity index is 2.71. The van der Waals surface area contributed by atoms with Crippen molar-refractivity contribution in [1.29, 1.82) is 5.26 Å². The average molecular weight is 191 g/mol. The van der Waals surface area contributed by atoms with Crippen molar-refractivity contribution in [2.45, 2.75) is 18.7 Å². The van der Waals surface area contributed by atoms with Crippen LogP contribution in [0, 0.1) is 17.2 Å². The van der Waals surface area contributed by atoms with Crippen LogP contribution >= 0.6 is 11.8 Å². The van der Waals surface area contributed by atoms with Crippen LogP contribution in [0.2, 0.25) is 0 Å². The summed E-state index contributed by atoms with van der Waals surface area (Å²) in [5, 5.41) is 8.82. The fourth-order valence-corrected chi connectivity index (χ4v) is 1.90. The molecule has 2 heteroatoms. The van der Waals surface area contributed by atoms with Gasteiger partial charge in [-0.05, 0) is 18.1 Å². The summed E-state index contributed by atoms with van der Waals surface area (Å²) in [6.07, 6.45) is 0. The second-order valence-electron chi connectivity index (χ2n) is 3.31. The third-order valence-corrected chi connectivity index (χ3v) is 3.08. The molecule has 13 heavy (non-hydrogen) atoms. The van der Waals surface area contributed by atoms with Gasteiger partial charge in [-0.1, -0.05) is 26.0 Å². The van der Waals surface area contributed by atoms with Crippen LogP contribution in [0.25, 0.3) is 0 Å². The van der Waals surface area contributed by atoms with Crippen LogP contribution in [0.3, 0.4) is 0 Å². The van der Waals surface area contributed by atoms with Gasteiger partial charge in [-0.25, -0.2) is 0 Å². The van der Waals surface area contributed by atoms with Gasteiger partial charge in [0.15, 0.2) is 0 Å². The Hall–Kier alpha value is -0.940. The molecule has 0 heterocycles. The lowest BCUT2D eigenvalue weighted by Gasteiger charge is -2.05. The smallest absolute Gasteiger partial charge is 0.100 e. The zero-order valence-corrected chi connectivity index (χ0v) is 8.77. The molecule has 0 unspecified atom stereocenters. The molecule has 0 N–H and O–H groups in total. The summed E-state index contributed by atoms with van der Waals surface area (Å²) in [5.41, 5.74) is 0.785. The third-order valence-electron chi connectivity index (χ3n) is 1.58. The number of nitrogens with zero attached hydrogens (tertiary/aromatic N) is 1. The van der Waals surface area contributed by atoms with Crippen molar-refractivity contribution in [3.63, 3.8) is 0 Å². The van der Waals surface area contributed by atoms with E-state index in [1.165, 1.54) is 0 Å². The summed E-state index contributed by atoms with van der Waals surface area (Å²) in [6.45, 7) is 4.37. The van der Waals surface area contributed by atoms with E-state index in [0.717, 1.165) is 16.2 Å². The zero-order chi connectivity index (χ0) is 9.68. The second kappa shape index (κ2) is 4.94. The molecule has 1 aromatic carbocycles. The van der Waals surface area contributed by atoms with Gasteiger partial charge < -0.3 is 0 Å². The first-order chi connectivity index (χ1) is 6.24. The molecule has 0 saturated heterocycles. The summed E-state index contributed by atoms with van der Waals surface area (Å²) in [7, 11) is 0. The van der Waals surface area contributed by atoms with Crippen molar-refractivity contribution >= 4 is 11.8 Å². The van der Waals surface area contributed by atoms with Crippen LogP contribution in [0.15, 0.2) is 29.2 Å². The van der Waals surface area contributed by atoms with Crippen molar-refractivity contribution in [1.82, 2.24) is 0 Å². The van der Waals surface area contributed by atoms with Gasteiger partial charge in [0.05, 0.1) is 5.56 Å². The third kappa shape index (κ3) is 3.12. The first-order valence-electron chi connectivity index (χ1n) is 4.36. The van der Waals surface area contributed by atoms with Crippen molar-refractivity contribution in [2.75, 3.05) is 5.75 Å². The van der Waals surface area contributed by atoms with Gasteiger partial charge in [-0.2, -0.15) is 5.26 Å². The molecule has 0 aromatic heterocycles. The van der Waals surface area contributed by atoms with Crippen LogP contribution in [0.4, 0.5) is 0 Å². The Morgan fingerprint density at radius 1 is 1.38 bits per heavy atom. The van der Waals surface area contributed by atoms with Crippen molar-refractivity contribution < 1.29 is 0 Å². The SMILES string of the molecule is CC(C)CSc1ccccc1C#N. The van der Waals surface area contributed by atoms with E-state index in [1.54, 1.807) is 11.8 Å². The summed E-state index contributed by atoms with van der Waals surface area (Å²) in [5.74, 6) is 1.73. The van der Waals surface area contributed by atoms with E-state index in [4.69, 9.17) is 5.26 Å². The average Bonchev–Trinajstić information content (AvgIpc) is 2.15. The molecule has 0 aliphatic carbocycles. The molecule has 0 aliphatic rings. The Kier molecular flexibility index (Phi) is 3.85. The minimum absolute atomic E-state index is 0.664. The van der Waals surface area contributed by atoms with E-state index < -0.39 is 0 Å². The first kappa shape index (κ1) is 10.1. The predicted molar refractivity (Wildman–Crippen MR) is 56.7 cm³/mol. The Morgan fingerprint density at radius 3 is 2.69 bits per heavy atom. The molecule has 0 amide bonds. The Bertz CT molecular complexity index is 312. The van der Waals surface area contributed by atoms with Crippen molar-refractivity contribution in [3.05, 3.63) is 29.8 Å². The van der Waals surface area contributed by atoms with E-state index in [1.807, 2.05) is 24.3 Å². The van der Waals surface area contributed by atoms with E-state index in [-0.39, 0.29) is 0 Å². The lowest BCUT2D eigenvalue weighted by atomic mass is 10.2. The highest BCUT2D eigenvalue weighted by molar-refractivity contribution is 7.99. The number of hydrogen-bond acceptors (Lipinski definition) is 2. The summed E-state index contributed by atoms with van der Waals surface area (Å²) >= 11 is 1.76. The van der Waals surface area contributed by atoms with Crippen molar-refractivity contribution in [2.24, 2.45) is 5.92 Å². The zero-order valence-electron chi connectivity index (χ0n) is 7.95. The van der Waals surface area contributed by atoms with E-state index in [2.05, 4.69) is 19.9 Å². The quantitative estimate of drug-likeness (QED) is 0.684. The van der Waals surface area contributed by atoms with E-state index in [9.17, 15) is 0 Å². The first-order valence-corrected chi connectivity index (χ1v) is 5.34. The standard InChI is InChI=1S/C11H13NS/c1-9(2)8-13-11-6-4-3-5-10(11)7-12/h3-6,9H,8H2,1-2H3. The maximum Gasteiger partial charge on any atom is 0.100 e. The number of rotatable bonds is 3. The lowest BCUT2D eigenvalue weighted by Crippen LogP contribution is -1.91. The fraction of sp³-hybridized carbons (Fsp3) is 0.364. The molecular weight excluding hydrogens is 178 g/mol. The van der Waals surface area contributed by atoms with Crippen molar-refractivity contribution in [3.8, 4) is 6.07 Å². The van der Waals surface area contributed by atoms with Gasteiger partial charge in [-0.15, -0.1) is 11.8 Å². The molecule has 0 radical (unpaired) electrons. The highest BCUT2D eigenvalue weighted by atomic mass is 32.2. The fourth-order valence-electron chi connectivity index (χ4n) is 0.941. The summed E-state index contributed by atoms with van der Waals surface area (Å²) in [4.78, 5) is 1.10. The van der Waals surface area contributed by atoms with Crippen LogP contribution in [0.1, 0.15) is 19.4 Å². The predicted octanol–water partition coefficient (Wildman–Crippen LogP) is 3.31. The normalized spacial score (nSPS) is 10.0. The topological polar surface area (TPSA) is 23.8 Å². The van der Waals surface area contributed by atoms with Crippen LogP contribution in [-0.2, 0) is 0 Å². The maximum absolute atomic E-state index is 8.82. The molecular formula is C11H13NS. The molecule has 0 fully saturated rings. The Morgan fingerprint density at radius 2 is 2.08 bits per heavy atom. The van der Waals surface area contributed by atoms with E-state index >= 15 is 0 Å². The number of nitriles is 1. The lowest BCUT2D eigenvalue weighted by molar-refractivity contribution is 0.750. The van der Waals surface area contributed by atoms with Gasteiger partial charge >= 0.3 is 0 Å². The second-order valence-corrected chi connectivity index (χ2v) is 4.37. The summed E-state index contributed by atoms with van der Waals surface area (Å²) in [6, 6.07) is 9.94. The monoisotopic (exact) mass is 191 g/mol. The number of benzene rings is 1. The molecule has 1 aromatic rings. The van der Waals surface area contributed by atoms with Gasteiger partial charge in [0.25, 0.3) is 0 Å². The highest BCUT2D eigenvalue weighted by Crippen LogP contribution is 2.23. The van der Waals surface area contributed by atoms with Crippen LogP contribution in [0.5, 0.6) is 0 Å². The van der Waals surface area contributed by atoms with Gasteiger partial charge in [-0.3, -0.25) is 0 Å². The van der Waals surface area contributed by atoms with Crippen LogP contribution < -0.4 is 0 Å². The minimum Gasteiger partial charge on any atom is -0.192 e. The molecule has 0 spiro atoms. The molecule has 0 atom stereocenters. The molecule has 0 bridgehead atoms. The molecule has 0 aliphatic heterocycles. The molecule has 68 valence electrons. The molecule has 0 saturated carbocycles. The molecule has 1 rings (SSSR count). The number of hydrogen-bond donors (Lipinski definition) is 0. The van der Waals surface area contributed by atoms with Gasteiger partial charge in [0.2, 0.25) is 0 Å². The Labute approximate surface area is 83.8 Å². The van der Waals surface area contributed by atoms with Gasteiger partial charge in [0.1, 0.15) is 6.07 Å². The summed E-state index contributed by atoms with van der Waals surface area (Å²) < 4.78 is 0. The van der Waals surface area contributed by atoms with Gasteiger partial charge in [0, 0.05) is 10.6 Å². The largest absolute Gasteiger partial charge is 0.192 e. The molecule has 1 nitrogen and oxygen atoms in total. The highest BCUT2D eigenvalue weighted by Gasteiger charge is 2.01. The van der Waals surface area contributed by atoms with E-state index in [0.29, 0.717) is 5.92 Å². The number of thioether (sulfide) groups is 1. The van der Waals surface area contributed by atoms with Crippen LogP contribution in [-0.4, -0.2) is 5.75 Å². The minimum atomic E-state index is 0.664.